The Morgan fingerprint density at radius 1 is 1.30 bits per heavy atom. The molecular weight excluding hydrogens is 362 g/mol. The van der Waals surface area contributed by atoms with Crippen molar-refractivity contribution in [3.63, 3.8) is 0 Å². The molecule has 1 fully saturated rings. The van der Waals surface area contributed by atoms with Gasteiger partial charge in [0, 0.05) is 9.89 Å². The van der Waals surface area contributed by atoms with Crippen LogP contribution in [-0.2, 0) is 15.9 Å². The number of benzene rings is 1. The van der Waals surface area contributed by atoms with Gasteiger partial charge in [0.15, 0.2) is 0 Å². The molecule has 0 aliphatic carbocycles. The van der Waals surface area contributed by atoms with Gasteiger partial charge in [-0.1, -0.05) is 35.0 Å². The van der Waals surface area contributed by atoms with Crippen molar-refractivity contribution in [2.75, 3.05) is 20.0 Å². The summed E-state index contributed by atoms with van der Waals surface area (Å²) in [5.41, 5.74) is 0.638. The standard InChI is InChI=1S/C16H20BrN3O3/c1-16(7-22-11-23-8-16)15(21)14(20-10-18-9-19-20)6-12-2-4-13(17)5-3-12/h2-5,9-10,14-15,21H,6-8,11H2,1H3. The lowest BCUT2D eigenvalue weighted by molar-refractivity contribution is -0.196. The minimum absolute atomic E-state index is 0.242. The molecule has 23 heavy (non-hydrogen) atoms. The summed E-state index contributed by atoms with van der Waals surface area (Å²) in [6, 6.07) is 7.82. The quantitative estimate of drug-likeness (QED) is 0.859. The molecule has 6 nitrogen and oxygen atoms in total. The largest absolute Gasteiger partial charge is 0.390 e. The number of hydrogen-bond donors (Lipinski definition) is 1. The van der Waals surface area contributed by atoms with Crippen LogP contribution >= 0.6 is 15.9 Å². The average molecular weight is 382 g/mol. The molecule has 1 aliphatic rings. The maximum absolute atomic E-state index is 11.0. The number of aromatic nitrogens is 3. The van der Waals surface area contributed by atoms with E-state index in [4.69, 9.17) is 9.47 Å². The van der Waals surface area contributed by atoms with Crippen molar-refractivity contribution < 1.29 is 14.6 Å². The summed E-state index contributed by atoms with van der Waals surface area (Å²) in [7, 11) is 0. The van der Waals surface area contributed by atoms with Gasteiger partial charge >= 0.3 is 0 Å². The van der Waals surface area contributed by atoms with Crippen LogP contribution in [0.1, 0.15) is 18.5 Å². The summed E-state index contributed by atoms with van der Waals surface area (Å²) in [5.74, 6) is 0. The Morgan fingerprint density at radius 3 is 2.61 bits per heavy atom. The van der Waals surface area contributed by atoms with Crippen molar-refractivity contribution in [1.82, 2.24) is 14.8 Å². The summed E-state index contributed by atoms with van der Waals surface area (Å²) in [6.45, 7) is 3.17. The van der Waals surface area contributed by atoms with E-state index < -0.39 is 11.5 Å². The second-order valence-corrected chi connectivity index (χ2v) is 7.10. The molecule has 2 atom stereocenters. The maximum Gasteiger partial charge on any atom is 0.146 e. The molecule has 1 aliphatic heterocycles. The molecule has 1 aromatic heterocycles. The number of rotatable bonds is 5. The highest BCUT2D eigenvalue weighted by Crippen LogP contribution is 2.34. The molecule has 2 heterocycles. The Balaban J connectivity index is 1.85. The normalized spacial score (nSPS) is 20.1. The molecule has 1 aromatic carbocycles. The Kier molecular flexibility index (Phi) is 5.11. The molecule has 0 spiro atoms. The average Bonchev–Trinajstić information content (AvgIpc) is 3.08. The first-order valence-corrected chi connectivity index (χ1v) is 8.30. The van der Waals surface area contributed by atoms with Gasteiger partial charge in [0.05, 0.1) is 25.4 Å². The predicted molar refractivity (Wildman–Crippen MR) is 87.8 cm³/mol. The molecule has 2 unspecified atom stereocenters. The van der Waals surface area contributed by atoms with E-state index in [1.54, 1.807) is 11.0 Å². The fourth-order valence-corrected chi connectivity index (χ4v) is 3.15. The molecule has 1 N–H and O–H groups in total. The highest BCUT2D eigenvalue weighted by Gasteiger charge is 2.41. The minimum atomic E-state index is -0.673. The van der Waals surface area contributed by atoms with Crippen LogP contribution in [0.15, 0.2) is 41.4 Å². The van der Waals surface area contributed by atoms with Crippen molar-refractivity contribution in [2.45, 2.75) is 25.5 Å². The van der Waals surface area contributed by atoms with Gasteiger partial charge in [-0.3, -0.25) is 0 Å². The van der Waals surface area contributed by atoms with Gasteiger partial charge in [0.2, 0.25) is 0 Å². The van der Waals surface area contributed by atoms with Crippen LogP contribution in [-0.4, -0.2) is 46.0 Å². The van der Waals surface area contributed by atoms with E-state index in [9.17, 15) is 5.11 Å². The summed E-state index contributed by atoms with van der Waals surface area (Å²) in [6.07, 6.45) is 3.10. The molecule has 2 aromatic rings. The van der Waals surface area contributed by atoms with Crippen molar-refractivity contribution in [1.29, 1.82) is 0 Å². The highest BCUT2D eigenvalue weighted by molar-refractivity contribution is 9.10. The Labute approximate surface area is 143 Å². The molecular formula is C16H20BrN3O3. The number of nitrogens with zero attached hydrogens (tertiary/aromatic N) is 3. The van der Waals surface area contributed by atoms with E-state index in [1.807, 2.05) is 31.2 Å². The lowest BCUT2D eigenvalue weighted by Gasteiger charge is -2.40. The third-order valence-corrected chi connectivity index (χ3v) is 4.77. The number of hydrogen-bond acceptors (Lipinski definition) is 5. The van der Waals surface area contributed by atoms with E-state index in [0.29, 0.717) is 19.6 Å². The molecule has 0 bridgehead atoms. The molecule has 124 valence electrons. The summed E-state index contributed by atoms with van der Waals surface area (Å²) < 4.78 is 13.6. The van der Waals surface area contributed by atoms with E-state index in [1.165, 1.54) is 6.33 Å². The van der Waals surface area contributed by atoms with Gasteiger partial charge in [0.1, 0.15) is 19.4 Å². The maximum atomic E-state index is 11.0. The smallest absolute Gasteiger partial charge is 0.146 e. The molecule has 0 saturated carbocycles. The van der Waals surface area contributed by atoms with Crippen LogP contribution in [0.4, 0.5) is 0 Å². The SMILES string of the molecule is CC1(C(O)C(Cc2ccc(Br)cc2)n2cncn2)COCOC1. The third kappa shape index (κ3) is 3.80. The molecule has 0 radical (unpaired) electrons. The Bertz CT molecular complexity index is 612. The lowest BCUT2D eigenvalue weighted by Crippen LogP contribution is -2.48. The second-order valence-electron chi connectivity index (χ2n) is 6.19. The van der Waals surface area contributed by atoms with Crippen LogP contribution < -0.4 is 0 Å². The fourth-order valence-electron chi connectivity index (χ4n) is 2.89. The Morgan fingerprint density at radius 2 is 2.00 bits per heavy atom. The number of ether oxygens (including phenoxy) is 2. The van der Waals surface area contributed by atoms with Gasteiger partial charge in [-0.05, 0) is 24.1 Å². The van der Waals surface area contributed by atoms with Crippen molar-refractivity contribution in [3.8, 4) is 0 Å². The van der Waals surface area contributed by atoms with Crippen LogP contribution in [0.5, 0.6) is 0 Å². The van der Waals surface area contributed by atoms with Crippen molar-refractivity contribution in [2.24, 2.45) is 5.41 Å². The lowest BCUT2D eigenvalue weighted by atomic mass is 9.80. The zero-order chi connectivity index (χ0) is 16.3. The monoisotopic (exact) mass is 381 g/mol. The van der Waals surface area contributed by atoms with E-state index in [0.717, 1.165) is 10.0 Å². The first-order valence-electron chi connectivity index (χ1n) is 7.51. The first kappa shape index (κ1) is 16.6. The van der Waals surface area contributed by atoms with Crippen molar-refractivity contribution in [3.05, 3.63) is 47.0 Å². The Hall–Kier alpha value is -1.28. The molecule has 1 saturated heterocycles. The van der Waals surface area contributed by atoms with E-state index >= 15 is 0 Å². The minimum Gasteiger partial charge on any atom is -0.390 e. The zero-order valence-corrected chi connectivity index (χ0v) is 14.5. The van der Waals surface area contributed by atoms with E-state index in [2.05, 4.69) is 26.0 Å². The second kappa shape index (κ2) is 7.09. The molecule has 3 rings (SSSR count). The number of halogens is 1. The molecule has 7 heteroatoms. The predicted octanol–water partition coefficient (Wildman–Crippen LogP) is 2.20. The van der Waals surface area contributed by atoms with Gasteiger partial charge in [-0.15, -0.1) is 0 Å². The summed E-state index contributed by atoms with van der Waals surface area (Å²) in [4.78, 5) is 4.02. The first-order chi connectivity index (χ1) is 11.1. The van der Waals surface area contributed by atoms with Gasteiger partial charge < -0.3 is 14.6 Å². The third-order valence-electron chi connectivity index (χ3n) is 4.24. The zero-order valence-electron chi connectivity index (χ0n) is 12.9. The highest BCUT2D eigenvalue weighted by atomic mass is 79.9. The fraction of sp³-hybridized carbons (Fsp3) is 0.500. The number of aliphatic hydroxyl groups excluding tert-OH is 1. The van der Waals surface area contributed by atoms with Crippen LogP contribution in [0.3, 0.4) is 0 Å². The van der Waals surface area contributed by atoms with Gasteiger partial charge in [-0.2, -0.15) is 5.10 Å². The van der Waals surface area contributed by atoms with Crippen molar-refractivity contribution >= 4 is 15.9 Å². The summed E-state index contributed by atoms with van der Waals surface area (Å²) >= 11 is 3.44. The van der Waals surface area contributed by atoms with Crippen LogP contribution in [0.2, 0.25) is 0 Å². The van der Waals surface area contributed by atoms with Gasteiger partial charge in [0.25, 0.3) is 0 Å². The summed E-state index contributed by atoms with van der Waals surface area (Å²) in [5, 5.41) is 15.3. The van der Waals surface area contributed by atoms with E-state index in [-0.39, 0.29) is 12.8 Å². The number of aliphatic hydroxyl groups is 1. The van der Waals surface area contributed by atoms with Gasteiger partial charge in [-0.25, -0.2) is 9.67 Å². The van der Waals surface area contributed by atoms with Crippen LogP contribution in [0, 0.1) is 5.41 Å². The topological polar surface area (TPSA) is 69.4 Å². The van der Waals surface area contributed by atoms with Crippen LogP contribution in [0.25, 0.3) is 0 Å². The molecule has 0 amide bonds.